The van der Waals surface area contributed by atoms with E-state index in [-0.39, 0.29) is 11.3 Å². The molecule has 0 fully saturated rings. The summed E-state index contributed by atoms with van der Waals surface area (Å²) in [5.74, 6) is -0.163. The highest BCUT2D eigenvalue weighted by molar-refractivity contribution is 7.10. The molecule has 1 N–H and O–H groups in total. The van der Waals surface area contributed by atoms with Crippen LogP contribution in [-0.2, 0) is 5.41 Å². The largest absolute Gasteiger partial charge is 0.272 e. The van der Waals surface area contributed by atoms with Crippen LogP contribution < -0.4 is 5.43 Å². The minimum atomic E-state index is -0.163. The smallest absolute Gasteiger partial charge is 0.267 e. The van der Waals surface area contributed by atoms with Gasteiger partial charge in [0.1, 0.15) is 0 Å². The van der Waals surface area contributed by atoms with Gasteiger partial charge in [-0.1, -0.05) is 45.0 Å². The van der Waals surface area contributed by atoms with Crippen molar-refractivity contribution in [1.29, 1.82) is 0 Å². The first-order valence-electron chi connectivity index (χ1n) is 7.27. The summed E-state index contributed by atoms with van der Waals surface area (Å²) in [5.41, 5.74) is 6.68. The van der Waals surface area contributed by atoms with Crippen LogP contribution in [0.4, 0.5) is 0 Å². The van der Waals surface area contributed by atoms with Crippen molar-refractivity contribution in [2.75, 3.05) is 0 Å². The molecule has 0 radical (unpaired) electrons. The summed E-state index contributed by atoms with van der Waals surface area (Å²) in [4.78, 5) is 13.2. The Labute approximate surface area is 136 Å². The average molecular weight is 314 g/mol. The van der Waals surface area contributed by atoms with Crippen LogP contribution in [-0.4, -0.2) is 12.1 Å². The van der Waals surface area contributed by atoms with Crippen molar-refractivity contribution in [3.8, 4) is 0 Å². The maximum atomic E-state index is 12.0. The van der Waals surface area contributed by atoms with Crippen LogP contribution in [0.1, 0.15) is 52.7 Å². The number of amides is 1. The molecule has 0 aliphatic carbocycles. The van der Waals surface area contributed by atoms with Gasteiger partial charge in [-0.2, -0.15) is 5.10 Å². The lowest BCUT2D eigenvalue weighted by Gasteiger charge is -2.18. The third kappa shape index (κ3) is 3.83. The van der Waals surface area contributed by atoms with Crippen molar-refractivity contribution in [2.24, 2.45) is 5.10 Å². The predicted octanol–water partition coefficient (Wildman–Crippen LogP) is 4.43. The summed E-state index contributed by atoms with van der Waals surface area (Å²) in [7, 11) is 0. The zero-order chi connectivity index (χ0) is 16.3. The van der Waals surface area contributed by atoms with Gasteiger partial charge in [-0.15, -0.1) is 11.3 Å². The van der Waals surface area contributed by atoms with Crippen LogP contribution in [0.15, 0.2) is 34.7 Å². The first-order chi connectivity index (χ1) is 10.3. The van der Waals surface area contributed by atoms with E-state index in [0.717, 1.165) is 16.0 Å². The summed E-state index contributed by atoms with van der Waals surface area (Å²) < 4.78 is 0. The molecular weight excluding hydrogens is 292 g/mol. The molecule has 22 heavy (non-hydrogen) atoms. The van der Waals surface area contributed by atoms with E-state index in [9.17, 15) is 4.79 Å². The van der Waals surface area contributed by atoms with E-state index in [1.54, 1.807) is 17.6 Å². The van der Waals surface area contributed by atoms with Gasteiger partial charge in [0, 0.05) is 10.3 Å². The summed E-state index contributed by atoms with van der Waals surface area (Å²) in [5, 5.41) is 5.91. The van der Waals surface area contributed by atoms with Gasteiger partial charge in [0.25, 0.3) is 5.91 Å². The Morgan fingerprint density at radius 2 is 1.82 bits per heavy atom. The summed E-state index contributed by atoms with van der Waals surface area (Å²) >= 11 is 1.58. The van der Waals surface area contributed by atoms with Gasteiger partial charge in [0.15, 0.2) is 0 Å². The minimum absolute atomic E-state index is 0.137. The maximum Gasteiger partial charge on any atom is 0.272 e. The van der Waals surface area contributed by atoms with E-state index in [1.807, 2.05) is 31.4 Å². The number of rotatable bonds is 3. The lowest BCUT2D eigenvalue weighted by atomic mass is 9.87. The maximum absolute atomic E-state index is 12.0. The van der Waals surface area contributed by atoms with Gasteiger partial charge < -0.3 is 0 Å². The molecule has 0 bridgehead atoms. The van der Waals surface area contributed by atoms with Crippen LogP contribution in [0.2, 0.25) is 0 Å². The molecule has 1 aromatic carbocycles. The number of hydrogen-bond acceptors (Lipinski definition) is 3. The highest BCUT2D eigenvalue weighted by Gasteiger charge is 2.13. The van der Waals surface area contributed by atoms with Gasteiger partial charge >= 0.3 is 0 Å². The molecule has 2 rings (SSSR count). The van der Waals surface area contributed by atoms with Crippen LogP contribution in [0.3, 0.4) is 0 Å². The topological polar surface area (TPSA) is 41.5 Å². The van der Waals surface area contributed by atoms with Crippen molar-refractivity contribution in [3.05, 3.63) is 56.8 Å². The number of carbonyl (C=O) groups is 1. The number of benzene rings is 1. The van der Waals surface area contributed by atoms with E-state index in [4.69, 9.17) is 0 Å². The Hall–Kier alpha value is -1.94. The SMILES string of the molecule is Cc1scc(C(=O)N/N=C\c2ccc(C(C)(C)C)cc2)c1C. The average Bonchev–Trinajstić information content (AvgIpc) is 2.78. The first-order valence-corrected chi connectivity index (χ1v) is 8.15. The monoisotopic (exact) mass is 314 g/mol. The molecule has 0 saturated heterocycles. The zero-order valence-electron chi connectivity index (χ0n) is 13.7. The summed E-state index contributed by atoms with van der Waals surface area (Å²) in [6, 6.07) is 8.21. The lowest BCUT2D eigenvalue weighted by Crippen LogP contribution is -2.17. The quantitative estimate of drug-likeness (QED) is 0.661. The van der Waals surface area contributed by atoms with E-state index >= 15 is 0 Å². The number of aryl methyl sites for hydroxylation is 1. The van der Waals surface area contributed by atoms with Crippen LogP contribution in [0, 0.1) is 13.8 Å². The molecule has 2 aromatic rings. The number of nitrogens with one attached hydrogen (secondary N) is 1. The molecule has 1 amide bonds. The molecule has 0 unspecified atom stereocenters. The minimum Gasteiger partial charge on any atom is -0.267 e. The fourth-order valence-electron chi connectivity index (χ4n) is 2.03. The number of carbonyl (C=O) groups excluding carboxylic acids is 1. The van der Waals surface area contributed by atoms with E-state index in [1.165, 1.54) is 5.56 Å². The third-order valence-corrected chi connectivity index (χ3v) is 4.70. The Morgan fingerprint density at radius 3 is 2.32 bits per heavy atom. The third-order valence-electron chi connectivity index (χ3n) is 3.69. The zero-order valence-corrected chi connectivity index (χ0v) is 14.5. The van der Waals surface area contributed by atoms with E-state index in [2.05, 4.69) is 43.4 Å². The van der Waals surface area contributed by atoms with Gasteiger partial charge in [-0.3, -0.25) is 4.79 Å². The molecule has 1 aromatic heterocycles. The van der Waals surface area contributed by atoms with Crippen LogP contribution in [0.5, 0.6) is 0 Å². The Morgan fingerprint density at radius 1 is 1.18 bits per heavy atom. The van der Waals surface area contributed by atoms with Crippen LogP contribution >= 0.6 is 11.3 Å². The number of nitrogens with zero attached hydrogens (tertiary/aromatic N) is 1. The number of hydrazone groups is 1. The molecule has 0 spiro atoms. The molecule has 116 valence electrons. The number of hydrogen-bond donors (Lipinski definition) is 1. The van der Waals surface area contributed by atoms with Crippen molar-refractivity contribution in [3.63, 3.8) is 0 Å². The molecule has 0 saturated carbocycles. The van der Waals surface area contributed by atoms with Crippen molar-refractivity contribution in [1.82, 2.24) is 5.43 Å². The van der Waals surface area contributed by atoms with E-state index in [0.29, 0.717) is 5.56 Å². The normalized spacial score (nSPS) is 11.9. The Balaban J connectivity index is 2.01. The van der Waals surface area contributed by atoms with Crippen LogP contribution in [0.25, 0.3) is 0 Å². The molecule has 1 heterocycles. The molecule has 3 nitrogen and oxygen atoms in total. The lowest BCUT2D eigenvalue weighted by molar-refractivity contribution is 0.0955. The number of thiophene rings is 1. The highest BCUT2D eigenvalue weighted by atomic mass is 32.1. The second kappa shape index (κ2) is 6.44. The van der Waals surface area contributed by atoms with Gasteiger partial charge in [0.2, 0.25) is 0 Å². The molecular formula is C18H22N2OS. The Kier molecular flexibility index (Phi) is 4.81. The second-order valence-corrected chi connectivity index (χ2v) is 7.49. The second-order valence-electron chi connectivity index (χ2n) is 6.40. The summed E-state index contributed by atoms with van der Waals surface area (Å²) in [6.45, 7) is 10.5. The molecule has 0 aliphatic heterocycles. The standard InChI is InChI=1S/C18H22N2OS/c1-12-13(2)22-11-16(12)17(21)20-19-10-14-6-8-15(9-7-14)18(3,4)5/h6-11H,1-5H3,(H,20,21)/b19-10-. The fraction of sp³-hybridized carbons (Fsp3) is 0.333. The van der Waals surface area contributed by atoms with Crippen molar-refractivity contribution < 1.29 is 4.79 Å². The van der Waals surface area contributed by atoms with Crippen molar-refractivity contribution in [2.45, 2.75) is 40.0 Å². The van der Waals surface area contributed by atoms with Crippen molar-refractivity contribution >= 4 is 23.5 Å². The molecule has 0 aliphatic rings. The molecule has 4 heteroatoms. The van der Waals surface area contributed by atoms with Gasteiger partial charge in [-0.05, 0) is 36.0 Å². The summed E-state index contributed by atoms with van der Waals surface area (Å²) in [6.07, 6.45) is 1.67. The molecule has 0 atom stereocenters. The Bertz CT molecular complexity index is 691. The predicted molar refractivity (Wildman–Crippen MR) is 94.0 cm³/mol. The van der Waals surface area contributed by atoms with E-state index < -0.39 is 0 Å². The van der Waals surface area contributed by atoms with Gasteiger partial charge in [-0.25, -0.2) is 5.43 Å². The highest BCUT2D eigenvalue weighted by Crippen LogP contribution is 2.22. The first kappa shape index (κ1) is 16.4. The fourth-order valence-corrected chi connectivity index (χ4v) is 2.90. The van der Waals surface area contributed by atoms with Gasteiger partial charge in [0.05, 0.1) is 11.8 Å².